The molecule has 2 heterocycles. The first kappa shape index (κ1) is 13.5. The lowest BCUT2D eigenvalue weighted by Gasteiger charge is -2.10. The molecule has 1 radical (unpaired) electrons. The maximum Gasteiger partial charge on any atom is 0.302 e. The third-order valence-corrected chi connectivity index (χ3v) is 3.49. The second-order valence-corrected chi connectivity index (χ2v) is 4.99. The van der Waals surface area contributed by atoms with E-state index in [1.54, 1.807) is 0 Å². The lowest BCUT2D eigenvalue weighted by atomic mass is 10.1. The summed E-state index contributed by atoms with van der Waals surface area (Å²) in [4.78, 5) is 31.3. The fourth-order valence-corrected chi connectivity index (χ4v) is 2.30. The lowest BCUT2D eigenvalue weighted by Crippen LogP contribution is -2.21. The summed E-state index contributed by atoms with van der Waals surface area (Å²) in [6.07, 6.45) is 1.45. The molecule has 105 valence electrons. The molecule has 0 bridgehead atoms. The summed E-state index contributed by atoms with van der Waals surface area (Å²) in [5.74, 6) is 0.110. The number of nitrogens with one attached hydrogen (secondary N) is 1. The third kappa shape index (κ3) is 2.70. The molecule has 2 aromatic rings. The Balaban J connectivity index is 1.81. The van der Waals surface area contributed by atoms with Crippen LogP contribution in [0.2, 0.25) is 0 Å². The molecule has 0 unspecified atom stereocenters. The normalized spacial score (nSPS) is 11.9. The molecular formula is C13H9BrN5O2. The zero-order valence-corrected chi connectivity index (χ0v) is 12.2. The van der Waals surface area contributed by atoms with E-state index in [-0.39, 0.29) is 24.0 Å². The van der Waals surface area contributed by atoms with Gasteiger partial charge in [0.25, 0.3) is 0 Å². The van der Waals surface area contributed by atoms with Gasteiger partial charge in [-0.3, -0.25) is 14.9 Å². The molecule has 0 atom stereocenters. The van der Waals surface area contributed by atoms with E-state index in [2.05, 4.69) is 36.8 Å². The van der Waals surface area contributed by atoms with E-state index in [0.717, 1.165) is 5.56 Å². The van der Waals surface area contributed by atoms with Crippen LogP contribution in [0.25, 0.3) is 0 Å². The van der Waals surface area contributed by atoms with E-state index in [9.17, 15) is 9.59 Å². The van der Waals surface area contributed by atoms with Crippen LogP contribution in [-0.4, -0.2) is 20.8 Å². The third-order valence-electron chi connectivity index (χ3n) is 2.82. The summed E-state index contributed by atoms with van der Waals surface area (Å²) in [5, 5.41) is 6.52. The van der Waals surface area contributed by atoms with Gasteiger partial charge in [0.15, 0.2) is 11.5 Å². The van der Waals surface area contributed by atoms with E-state index in [1.165, 1.54) is 9.93 Å². The van der Waals surface area contributed by atoms with Gasteiger partial charge in [-0.05, 0) is 5.56 Å². The highest BCUT2D eigenvalue weighted by Crippen LogP contribution is 2.28. The van der Waals surface area contributed by atoms with Gasteiger partial charge in [0, 0.05) is 0 Å². The largest absolute Gasteiger partial charge is 0.302 e. The first-order valence-corrected chi connectivity index (χ1v) is 6.76. The van der Waals surface area contributed by atoms with E-state index < -0.39 is 5.56 Å². The number of hydrogen-bond acceptors (Lipinski definition) is 4. The maximum atomic E-state index is 12.0. The predicted octanol–water partition coefficient (Wildman–Crippen LogP) is 1.49. The van der Waals surface area contributed by atoms with E-state index in [1.807, 2.05) is 30.3 Å². The molecule has 0 saturated carbocycles. The fourth-order valence-electron chi connectivity index (χ4n) is 1.88. The second-order valence-electron chi connectivity index (χ2n) is 4.28. The van der Waals surface area contributed by atoms with Crippen molar-refractivity contribution in [2.24, 2.45) is 4.99 Å². The summed E-state index contributed by atoms with van der Waals surface area (Å²) in [6, 6.07) is 9.28. The molecule has 1 aliphatic heterocycles. The summed E-state index contributed by atoms with van der Waals surface area (Å²) in [7, 11) is 0. The molecule has 1 aromatic heterocycles. The van der Waals surface area contributed by atoms with Crippen molar-refractivity contribution in [2.75, 3.05) is 5.32 Å². The first-order valence-electron chi connectivity index (χ1n) is 6.05. The number of halogens is 1. The van der Waals surface area contributed by atoms with Gasteiger partial charge in [-0.15, -0.1) is 0 Å². The first-order chi connectivity index (χ1) is 10.1. The molecular weight excluding hydrogens is 338 g/mol. The fraction of sp³-hybridized carbons (Fsp3) is 0.0769. The van der Waals surface area contributed by atoms with E-state index in [0.29, 0.717) is 5.82 Å². The molecule has 1 N–H and O–H groups in total. The van der Waals surface area contributed by atoms with Crippen molar-refractivity contribution < 1.29 is 4.79 Å². The van der Waals surface area contributed by atoms with Crippen LogP contribution in [0.5, 0.6) is 0 Å². The van der Waals surface area contributed by atoms with Crippen molar-refractivity contribution in [1.82, 2.24) is 13.9 Å². The van der Waals surface area contributed by atoms with Crippen molar-refractivity contribution in [3.05, 3.63) is 46.2 Å². The lowest BCUT2D eigenvalue weighted by molar-refractivity contribution is -0.115. The van der Waals surface area contributed by atoms with Gasteiger partial charge in [-0.1, -0.05) is 30.3 Å². The van der Waals surface area contributed by atoms with Crippen LogP contribution in [0.15, 0.2) is 40.1 Å². The highest BCUT2D eigenvalue weighted by atomic mass is 79.9. The molecule has 1 aromatic carbocycles. The smallest absolute Gasteiger partial charge is 0.295 e. The predicted molar refractivity (Wildman–Crippen MR) is 81.5 cm³/mol. The van der Waals surface area contributed by atoms with Crippen LogP contribution >= 0.6 is 16.1 Å². The number of fused-ring (bicyclic) bond motifs is 1. The van der Waals surface area contributed by atoms with Crippen molar-refractivity contribution in [2.45, 2.75) is 6.42 Å². The Bertz CT molecular complexity index is 785. The molecule has 0 fully saturated rings. The van der Waals surface area contributed by atoms with Crippen LogP contribution in [0, 0.1) is 0 Å². The Morgan fingerprint density at radius 1 is 1.29 bits per heavy atom. The monoisotopic (exact) mass is 346 g/mol. The molecule has 1 aliphatic rings. The van der Waals surface area contributed by atoms with Gasteiger partial charge < -0.3 is 0 Å². The Morgan fingerprint density at radius 3 is 2.81 bits per heavy atom. The molecule has 0 aliphatic carbocycles. The van der Waals surface area contributed by atoms with Crippen LogP contribution < -0.4 is 16.2 Å². The van der Waals surface area contributed by atoms with Gasteiger partial charge in [-0.25, -0.2) is 13.9 Å². The quantitative estimate of drug-likeness (QED) is 0.912. The zero-order valence-electron chi connectivity index (χ0n) is 10.7. The van der Waals surface area contributed by atoms with Crippen molar-refractivity contribution >= 4 is 45.8 Å². The van der Waals surface area contributed by atoms with Crippen LogP contribution in [-0.2, 0) is 11.2 Å². The topological polar surface area (TPSA) is 90.5 Å². The highest BCUT2D eigenvalue weighted by molar-refractivity contribution is 9.08. The average molecular weight is 347 g/mol. The molecule has 8 heteroatoms. The summed E-state index contributed by atoms with van der Waals surface area (Å²) >= 11 is 3.21. The second kappa shape index (κ2) is 5.49. The van der Waals surface area contributed by atoms with Crippen LogP contribution in [0.1, 0.15) is 5.56 Å². The van der Waals surface area contributed by atoms with E-state index >= 15 is 0 Å². The Hall–Kier alpha value is -2.48. The molecule has 21 heavy (non-hydrogen) atoms. The van der Waals surface area contributed by atoms with Crippen LogP contribution in [0.4, 0.5) is 17.5 Å². The minimum atomic E-state index is -0.534. The highest BCUT2D eigenvalue weighted by Gasteiger charge is 2.20. The maximum absolute atomic E-state index is 12.0. The Morgan fingerprint density at radius 2 is 2.05 bits per heavy atom. The molecule has 1 amide bonds. The van der Waals surface area contributed by atoms with Crippen molar-refractivity contribution in [1.29, 1.82) is 0 Å². The van der Waals surface area contributed by atoms with Gasteiger partial charge in [-0.2, -0.15) is 4.98 Å². The number of anilines is 1. The van der Waals surface area contributed by atoms with Gasteiger partial charge in [0.1, 0.15) is 6.34 Å². The number of carbonyl (C=O) groups excluding carboxylic acids is 1. The number of hydrogen-bond donors (Lipinski definition) is 1. The van der Waals surface area contributed by atoms with Crippen LogP contribution in [0.3, 0.4) is 0 Å². The number of carbonyl (C=O) groups is 1. The number of benzene rings is 1. The number of aliphatic imine (C=N–C) groups is 1. The molecule has 0 saturated heterocycles. The van der Waals surface area contributed by atoms with Crippen molar-refractivity contribution in [3.8, 4) is 0 Å². The Labute approximate surface area is 128 Å². The van der Waals surface area contributed by atoms with E-state index in [4.69, 9.17) is 0 Å². The number of aromatic nitrogens is 2. The molecule has 3 rings (SSSR count). The summed E-state index contributed by atoms with van der Waals surface area (Å²) in [6.45, 7) is 0. The molecule has 0 spiro atoms. The minimum Gasteiger partial charge on any atom is -0.295 e. The number of nitrogens with zero attached hydrogens (tertiary/aromatic N) is 4. The SMILES string of the molecule is O=C(Cc1ccccc1)Nc1nc(=O)c2c(n1Br)[N]C=N2. The molecule has 7 nitrogen and oxygen atoms in total. The summed E-state index contributed by atoms with van der Waals surface area (Å²) in [5.41, 5.74) is 0.480. The number of rotatable bonds is 3. The summed E-state index contributed by atoms with van der Waals surface area (Å²) < 4.78 is 1.35. The zero-order chi connectivity index (χ0) is 14.8. The van der Waals surface area contributed by atoms with Gasteiger partial charge in [0.05, 0.1) is 22.6 Å². The minimum absolute atomic E-state index is 0.0777. The number of amides is 1. The van der Waals surface area contributed by atoms with Gasteiger partial charge >= 0.3 is 5.56 Å². The van der Waals surface area contributed by atoms with Crippen molar-refractivity contribution in [3.63, 3.8) is 0 Å². The average Bonchev–Trinajstić information content (AvgIpc) is 2.95. The van der Waals surface area contributed by atoms with Gasteiger partial charge in [0.2, 0.25) is 11.9 Å². The standard InChI is InChI=1S/C13H9BrN5O2/c14-19-11-10(15-7-16-11)12(21)18-13(19)17-9(20)6-8-4-2-1-3-5-8/h1-5,7H,6H2,(H,17,18,20,21). The Kier molecular flexibility index (Phi) is 3.53.